The van der Waals surface area contributed by atoms with Gasteiger partial charge in [0.2, 0.25) is 0 Å². The van der Waals surface area contributed by atoms with Gasteiger partial charge in [-0.15, -0.1) is 0 Å². The minimum Gasteiger partial charge on any atom is -0.495 e. The Balaban J connectivity index is 3.02. The number of nitrogens with two attached hydrogens (primary N) is 1. The Hall–Kier alpha value is -0.730. The van der Waals surface area contributed by atoms with Crippen molar-refractivity contribution >= 4 is 11.6 Å². The first-order chi connectivity index (χ1) is 5.65. The molecule has 0 aliphatic carbocycles. The first-order valence-electron chi connectivity index (χ1n) is 3.74. The van der Waals surface area contributed by atoms with E-state index in [-0.39, 0.29) is 6.04 Å². The van der Waals surface area contributed by atoms with Crippen molar-refractivity contribution in [1.82, 2.24) is 0 Å². The molecule has 0 radical (unpaired) electrons. The van der Waals surface area contributed by atoms with E-state index in [0.717, 1.165) is 5.56 Å². The van der Waals surface area contributed by atoms with Gasteiger partial charge in [0.15, 0.2) is 0 Å². The lowest BCUT2D eigenvalue weighted by molar-refractivity contribution is 0.415. The van der Waals surface area contributed by atoms with Gasteiger partial charge in [-0.3, -0.25) is 0 Å². The molecule has 0 heterocycles. The van der Waals surface area contributed by atoms with E-state index in [1.807, 2.05) is 25.1 Å². The molecule has 0 amide bonds. The van der Waals surface area contributed by atoms with Crippen LogP contribution in [-0.2, 0) is 0 Å². The zero-order chi connectivity index (χ0) is 9.14. The van der Waals surface area contributed by atoms with Crippen molar-refractivity contribution in [2.24, 2.45) is 5.73 Å². The van der Waals surface area contributed by atoms with Crippen molar-refractivity contribution in [3.05, 3.63) is 28.8 Å². The standard InChI is InChI=1S/C9H12ClNO/c1-6(11)7-3-4-9(12-2)8(10)5-7/h3-6H,11H2,1-2H3. The maximum atomic E-state index is 5.89. The van der Waals surface area contributed by atoms with Crippen LogP contribution in [0, 0.1) is 0 Å². The van der Waals surface area contributed by atoms with Gasteiger partial charge in [-0.2, -0.15) is 0 Å². The molecule has 1 aromatic carbocycles. The van der Waals surface area contributed by atoms with Crippen LogP contribution in [0.5, 0.6) is 5.75 Å². The monoisotopic (exact) mass is 185 g/mol. The van der Waals surface area contributed by atoms with Crippen molar-refractivity contribution in [2.75, 3.05) is 7.11 Å². The molecule has 0 aromatic heterocycles. The molecule has 0 fully saturated rings. The Labute approximate surface area is 77.3 Å². The number of hydrogen-bond acceptors (Lipinski definition) is 2. The number of methoxy groups -OCH3 is 1. The largest absolute Gasteiger partial charge is 0.495 e. The molecule has 1 rings (SSSR count). The van der Waals surface area contributed by atoms with E-state index in [0.29, 0.717) is 10.8 Å². The fourth-order valence-corrected chi connectivity index (χ4v) is 1.23. The average molecular weight is 186 g/mol. The second kappa shape index (κ2) is 3.78. The number of halogens is 1. The molecule has 2 N–H and O–H groups in total. The van der Waals surface area contributed by atoms with Crippen molar-refractivity contribution < 1.29 is 4.74 Å². The maximum absolute atomic E-state index is 5.89. The highest BCUT2D eigenvalue weighted by atomic mass is 35.5. The highest BCUT2D eigenvalue weighted by molar-refractivity contribution is 6.32. The van der Waals surface area contributed by atoms with Crippen LogP contribution < -0.4 is 10.5 Å². The van der Waals surface area contributed by atoms with Gasteiger partial charge in [0.05, 0.1) is 12.1 Å². The van der Waals surface area contributed by atoms with Crippen LogP contribution in [-0.4, -0.2) is 7.11 Å². The molecule has 0 saturated heterocycles. The number of hydrogen-bond donors (Lipinski definition) is 1. The Morgan fingerprint density at radius 1 is 1.50 bits per heavy atom. The van der Waals surface area contributed by atoms with Gasteiger partial charge in [0.25, 0.3) is 0 Å². The summed E-state index contributed by atoms with van der Waals surface area (Å²) in [5, 5.41) is 0.604. The van der Waals surface area contributed by atoms with Crippen molar-refractivity contribution in [2.45, 2.75) is 13.0 Å². The Kier molecular flexibility index (Phi) is 2.95. The van der Waals surface area contributed by atoms with Crippen molar-refractivity contribution in [3.8, 4) is 5.75 Å². The third-order valence-electron chi connectivity index (χ3n) is 1.70. The normalized spacial score (nSPS) is 12.7. The molecule has 2 nitrogen and oxygen atoms in total. The van der Waals surface area contributed by atoms with E-state index in [1.54, 1.807) is 7.11 Å². The smallest absolute Gasteiger partial charge is 0.137 e. The first kappa shape index (κ1) is 9.36. The Morgan fingerprint density at radius 3 is 2.58 bits per heavy atom. The molecular formula is C9H12ClNO. The predicted octanol–water partition coefficient (Wildman–Crippen LogP) is 2.37. The second-order valence-electron chi connectivity index (χ2n) is 2.68. The SMILES string of the molecule is COc1ccc(C(C)N)cc1Cl. The summed E-state index contributed by atoms with van der Waals surface area (Å²) in [4.78, 5) is 0. The van der Waals surface area contributed by atoms with Gasteiger partial charge in [0, 0.05) is 6.04 Å². The summed E-state index contributed by atoms with van der Waals surface area (Å²) in [5.41, 5.74) is 6.69. The summed E-state index contributed by atoms with van der Waals surface area (Å²) in [6.45, 7) is 1.91. The highest BCUT2D eigenvalue weighted by Gasteiger charge is 2.03. The molecule has 3 heteroatoms. The molecule has 0 aliphatic rings. The maximum Gasteiger partial charge on any atom is 0.137 e. The molecule has 0 spiro atoms. The third-order valence-corrected chi connectivity index (χ3v) is 2.00. The summed E-state index contributed by atoms with van der Waals surface area (Å²) in [6, 6.07) is 5.56. The average Bonchev–Trinajstić information content (AvgIpc) is 2.04. The molecule has 0 saturated carbocycles. The summed E-state index contributed by atoms with van der Waals surface area (Å²) in [5.74, 6) is 0.682. The van der Waals surface area contributed by atoms with Crippen LogP contribution in [0.25, 0.3) is 0 Å². The summed E-state index contributed by atoms with van der Waals surface area (Å²) in [6.07, 6.45) is 0. The summed E-state index contributed by atoms with van der Waals surface area (Å²) < 4.78 is 5.01. The molecule has 1 aromatic rings. The van der Waals surface area contributed by atoms with Crippen molar-refractivity contribution in [1.29, 1.82) is 0 Å². The summed E-state index contributed by atoms with van der Waals surface area (Å²) >= 11 is 5.89. The zero-order valence-electron chi connectivity index (χ0n) is 7.17. The van der Waals surface area contributed by atoms with Gasteiger partial charge < -0.3 is 10.5 Å². The van der Waals surface area contributed by atoms with Crippen LogP contribution in [0.2, 0.25) is 5.02 Å². The molecule has 12 heavy (non-hydrogen) atoms. The zero-order valence-corrected chi connectivity index (χ0v) is 7.93. The van der Waals surface area contributed by atoms with Crippen molar-refractivity contribution in [3.63, 3.8) is 0 Å². The molecule has 0 aliphatic heterocycles. The lowest BCUT2D eigenvalue weighted by Gasteiger charge is -2.08. The van der Waals surface area contributed by atoms with Crippen LogP contribution in [0.15, 0.2) is 18.2 Å². The Bertz CT molecular complexity index is 273. The lowest BCUT2D eigenvalue weighted by atomic mass is 10.1. The van der Waals surface area contributed by atoms with E-state index < -0.39 is 0 Å². The lowest BCUT2D eigenvalue weighted by Crippen LogP contribution is -2.04. The quantitative estimate of drug-likeness (QED) is 0.768. The van der Waals surface area contributed by atoms with Crippen LogP contribution in [0.4, 0.5) is 0 Å². The highest BCUT2D eigenvalue weighted by Crippen LogP contribution is 2.26. The van der Waals surface area contributed by atoms with Gasteiger partial charge in [-0.05, 0) is 24.6 Å². The van der Waals surface area contributed by atoms with Gasteiger partial charge in [-0.25, -0.2) is 0 Å². The number of ether oxygens (including phenoxy) is 1. The molecule has 66 valence electrons. The van der Waals surface area contributed by atoms with Crippen LogP contribution in [0.1, 0.15) is 18.5 Å². The topological polar surface area (TPSA) is 35.2 Å². The van der Waals surface area contributed by atoms with E-state index in [4.69, 9.17) is 22.1 Å². The number of benzene rings is 1. The van der Waals surface area contributed by atoms with Gasteiger partial charge in [0.1, 0.15) is 5.75 Å². The van der Waals surface area contributed by atoms with E-state index in [2.05, 4.69) is 0 Å². The predicted molar refractivity (Wildman–Crippen MR) is 50.6 cm³/mol. The van der Waals surface area contributed by atoms with Crippen LogP contribution >= 0.6 is 11.6 Å². The molecule has 1 atom stereocenters. The third kappa shape index (κ3) is 1.90. The fourth-order valence-electron chi connectivity index (χ4n) is 0.966. The van der Waals surface area contributed by atoms with E-state index in [1.165, 1.54) is 0 Å². The fraction of sp³-hybridized carbons (Fsp3) is 0.333. The molecule has 1 unspecified atom stereocenters. The first-order valence-corrected chi connectivity index (χ1v) is 4.12. The van der Waals surface area contributed by atoms with E-state index >= 15 is 0 Å². The van der Waals surface area contributed by atoms with Gasteiger partial charge >= 0.3 is 0 Å². The molecule has 0 bridgehead atoms. The van der Waals surface area contributed by atoms with Crippen LogP contribution in [0.3, 0.4) is 0 Å². The second-order valence-corrected chi connectivity index (χ2v) is 3.09. The van der Waals surface area contributed by atoms with Gasteiger partial charge in [-0.1, -0.05) is 17.7 Å². The van der Waals surface area contributed by atoms with E-state index in [9.17, 15) is 0 Å². The Morgan fingerprint density at radius 2 is 2.17 bits per heavy atom. The summed E-state index contributed by atoms with van der Waals surface area (Å²) in [7, 11) is 1.59. The minimum atomic E-state index is 0.00778. The molecular weight excluding hydrogens is 174 g/mol. The minimum absolute atomic E-state index is 0.00778. The number of rotatable bonds is 2.